The molecule has 1 aliphatic rings. The fourth-order valence-corrected chi connectivity index (χ4v) is 7.49. The Morgan fingerprint density at radius 3 is 1.89 bits per heavy atom. The second-order valence-electron chi connectivity index (χ2n) is 17.5. The monoisotopic (exact) mass is 915 g/mol. The van der Waals surface area contributed by atoms with Gasteiger partial charge in [-0.05, 0) is 146 Å². The maximum atomic E-state index is 14.1. The number of amides is 2. The van der Waals surface area contributed by atoms with Gasteiger partial charge in [-0.1, -0.05) is 46.2 Å². The summed E-state index contributed by atoms with van der Waals surface area (Å²) >= 11 is 6.12. The molecule has 0 radical (unpaired) electrons. The largest absolute Gasteiger partial charge is 0.449 e. The molecule has 1 saturated heterocycles. The molecule has 1 aliphatic heterocycles. The molecule has 1 fully saturated rings. The van der Waals surface area contributed by atoms with Crippen molar-refractivity contribution in [3.63, 3.8) is 0 Å². The summed E-state index contributed by atoms with van der Waals surface area (Å²) in [6.45, 7) is 14.9. The molecule has 2 amide bonds. The average molecular weight is 917 g/mol. The number of hydrogen-bond donors (Lipinski definition) is 5. The van der Waals surface area contributed by atoms with Crippen LogP contribution in [0.2, 0.25) is 5.02 Å². The fourth-order valence-electron chi connectivity index (χ4n) is 7.37. The molecule has 3 aromatic carbocycles. The molecule has 5 N–H and O–H groups in total. The normalized spacial score (nSPS) is 14.3. The number of carbonyl (C=O) groups excluding carboxylic acids is 2. The van der Waals surface area contributed by atoms with Crippen LogP contribution in [0.3, 0.4) is 0 Å². The van der Waals surface area contributed by atoms with Crippen molar-refractivity contribution >= 4 is 40.5 Å². The molecule has 2 heterocycles. The van der Waals surface area contributed by atoms with Crippen LogP contribution in [-0.4, -0.2) is 105 Å². The number of oxime groups is 2. The van der Waals surface area contributed by atoms with E-state index in [-0.39, 0.29) is 42.1 Å². The highest BCUT2D eigenvalue weighted by atomic mass is 35.5. The number of piperazine rings is 1. The fraction of sp³-hybridized carbons (Fsp3) is 0.458. The van der Waals surface area contributed by atoms with Crippen molar-refractivity contribution in [3.8, 4) is 28.3 Å². The Bertz CT molecular complexity index is 2280. The van der Waals surface area contributed by atoms with E-state index in [2.05, 4.69) is 31.4 Å². The molecule has 5 rings (SSSR count). The van der Waals surface area contributed by atoms with Gasteiger partial charge >= 0.3 is 5.56 Å². The van der Waals surface area contributed by atoms with E-state index < -0.39 is 16.6 Å². The number of halogens is 2. The summed E-state index contributed by atoms with van der Waals surface area (Å²) in [5.74, 6) is 0.297. The topological polar surface area (TPSA) is 186 Å². The maximum absolute atomic E-state index is 14.1. The number of nitrogens with zero attached hydrogens (tertiary/aromatic N) is 6. The van der Waals surface area contributed by atoms with Gasteiger partial charge in [0.15, 0.2) is 0 Å². The second kappa shape index (κ2) is 23.4. The molecule has 1 aromatic heterocycles. The Morgan fingerprint density at radius 1 is 0.800 bits per heavy atom. The number of rotatable bonds is 22. The van der Waals surface area contributed by atoms with Crippen LogP contribution in [0.5, 0.6) is 11.5 Å². The average Bonchev–Trinajstić information content (AvgIpc) is 3.29. The van der Waals surface area contributed by atoms with Gasteiger partial charge in [0.25, 0.3) is 0 Å². The molecule has 0 bridgehead atoms. The molecule has 0 aliphatic carbocycles. The smallest absolute Gasteiger partial charge is 0.316 e. The predicted octanol–water partition coefficient (Wildman–Crippen LogP) is 7.64. The Morgan fingerprint density at radius 2 is 1.34 bits per heavy atom. The van der Waals surface area contributed by atoms with Gasteiger partial charge in [-0.2, -0.15) is 9.78 Å². The first-order chi connectivity index (χ1) is 31.0. The number of carbonyl (C=O) groups is 2. The van der Waals surface area contributed by atoms with E-state index in [1.807, 2.05) is 44.7 Å². The molecule has 4 aromatic rings. The zero-order valence-electron chi connectivity index (χ0n) is 38.2. The minimum atomic E-state index is -0.473. The number of anilines is 1. The van der Waals surface area contributed by atoms with Gasteiger partial charge in [0.05, 0.1) is 34.4 Å². The van der Waals surface area contributed by atoms with E-state index in [9.17, 15) is 29.2 Å². The van der Waals surface area contributed by atoms with Gasteiger partial charge in [-0.15, -0.1) is 0 Å². The van der Waals surface area contributed by atoms with Crippen molar-refractivity contribution in [3.05, 3.63) is 100 Å². The van der Waals surface area contributed by atoms with Crippen molar-refractivity contribution in [2.24, 2.45) is 16.2 Å². The van der Waals surface area contributed by atoms with Crippen LogP contribution in [-0.2, 0) is 9.59 Å². The van der Waals surface area contributed by atoms with Crippen LogP contribution in [0.1, 0.15) is 80.1 Å². The lowest BCUT2D eigenvalue weighted by molar-refractivity contribution is -0.131. The van der Waals surface area contributed by atoms with E-state index in [1.54, 1.807) is 73.5 Å². The highest BCUT2D eigenvalue weighted by Gasteiger charge is 2.27. The van der Waals surface area contributed by atoms with E-state index in [0.29, 0.717) is 85.8 Å². The third-order valence-corrected chi connectivity index (χ3v) is 12.5. The van der Waals surface area contributed by atoms with Crippen molar-refractivity contribution < 1.29 is 29.1 Å². The molecule has 0 atom stereocenters. The SMILES string of the molecule is C/C(=N/O)C(C)(C)NCCC(CCNC(=O)CCCC(=O)N1CCN(c2cnn(-c3ccc(Cl)cc3)c(=O)c2Oc2ccc(-c3ccc(F)cc3)cc2)CC1)CCNC(C)(C)/C(C)=N\O. The van der Waals surface area contributed by atoms with Gasteiger partial charge in [-0.3, -0.25) is 14.4 Å². The van der Waals surface area contributed by atoms with Crippen LogP contribution in [0.4, 0.5) is 10.1 Å². The van der Waals surface area contributed by atoms with Gasteiger partial charge in [0.1, 0.15) is 17.3 Å². The maximum Gasteiger partial charge on any atom is 0.316 e. The van der Waals surface area contributed by atoms with Gasteiger partial charge in [0, 0.05) is 50.6 Å². The van der Waals surface area contributed by atoms with Crippen LogP contribution >= 0.6 is 11.6 Å². The lowest BCUT2D eigenvalue weighted by atomic mass is 9.94. The van der Waals surface area contributed by atoms with Crippen molar-refractivity contribution in [2.75, 3.05) is 50.7 Å². The highest BCUT2D eigenvalue weighted by molar-refractivity contribution is 6.30. The van der Waals surface area contributed by atoms with Gasteiger partial charge < -0.3 is 40.9 Å². The molecule has 17 heteroatoms. The molecule has 65 heavy (non-hydrogen) atoms. The van der Waals surface area contributed by atoms with Crippen LogP contribution < -0.4 is 31.1 Å². The number of nitrogens with one attached hydrogen (secondary N) is 3. The molecular formula is C48H63ClFN9O6. The lowest BCUT2D eigenvalue weighted by Gasteiger charge is -2.36. The van der Waals surface area contributed by atoms with Crippen LogP contribution in [0.25, 0.3) is 16.8 Å². The quantitative estimate of drug-likeness (QED) is 0.0298. The number of hydrogen-bond acceptors (Lipinski definition) is 12. The summed E-state index contributed by atoms with van der Waals surface area (Å²) in [4.78, 5) is 44.0. The first-order valence-corrected chi connectivity index (χ1v) is 22.5. The summed E-state index contributed by atoms with van der Waals surface area (Å²) in [5.41, 5.74) is 2.45. The molecular weight excluding hydrogens is 853 g/mol. The molecule has 0 unspecified atom stereocenters. The van der Waals surface area contributed by atoms with E-state index >= 15 is 0 Å². The Kier molecular flexibility index (Phi) is 18.0. The standard InChI is InChI=1S/C48H63ClFN9O6/c1-33(55-63)47(3,4)52-26-23-35(24-27-53-48(5,6)34(2)56-64)22-25-51-43(60)8-7-9-44(61)58-30-28-57(29-31-58)42-32-54-59(40-18-14-38(49)15-19-40)46(62)45(42)65-41-20-12-37(13-21-41)36-10-16-39(50)17-11-36/h10-21,32,35,52-53,63-64H,7-9,22-31H2,1-6H3,(H,51,60)/b55-33-,56-34-. The number of ether oxygens (including phenoxy) is 1. The Labute approximate surface area is 385 Å². The number of benzene rings is 3. The highest BCUT2D eigenvalue weighted by Crippen LogP contribution is 2.32. The summed E-state index contributed by atoms with van der Waals surface area (Å²) in [6, 6.07) is 20.1. The van der Waals surface area contributed by atoms with E-state index in [1.165, 1.54) is 16.8 Å². The Hall–Kier alpha value is -5.84. The third-order valence-electron chi connectivity index (χ3n) is 12.2. The second-order valence-corrected chi connectivity index (χ2v) is 17.9. The van der Waals surface area contributed by atoms with Crippen molar-refractivity contribution in [2.45, 2.75) is 91.1 Å². The minimum Gasteiger partial charge on any atom is -0.449 e. The summed E-state index contributed by atoms with van der Waals surface area (Å²) in [7, 11) is 0. The Balaban J connectivity index is 1.13. The van der Waals surface area contributed by atoms with E-state index in [0.717, 1.165) is 30.4 Å². The van der Waals surface area contributed by atoms with Crippen molar-refractivity contribution in [1.82, 2.24) is 30.6 Å². The van der Waals surface area contributed by atoms with Gasteiger partial charge in [0.2, 0.25) is 17.6 Å². The molecule has 0 spiro atoms. The molecule has 15 nitrogen and oxygen atoms in total. The molecule has 0 saturated carbocycles. The minimum absolute atomic E-state index is 0.0414. The molecule has 350 valence electrons. The summed E-state index contributed by atoms with van der Waals surface area (Å²) in [6.07, 6.45) is 4.88. The van der Waals surface area contributed by atoms with Crippen molar-refractivity contribution in [1.29, 1.82) is 0 Å². The first kappa shape index (κ1) is 50.2. The van der Waals surface area contributed by atoms with Crippen LogP contribution in [0.15, 0.2) is 94.1 Å². The summed E-state index contributed by atoms with van der Waals surface area (Å²) < 4.78 is 21.1. The first-order valence-electron chi connectivity index (χ1n) is 22.1. The third kappa shape index (κ3) is 14.3. The van der Waals surface area contributed by atoms with Crippen LogP contribution in [0, 0.1) is 11.7 Å². The summed E-state index contributed by atoms with van der Waals surface area (Å²) in [5, 5.41) is 40.2. The van der Waals surface area contributed by atoms with E-state index in [4.69, 9.17) is 16.3 Å². The predicted molar refractivity (Wildman–Crippen MR) is 254 cm³/mol. The zero-order chi connectivity index (χ0) is 47.1. The zero-order valence-corrected chi connectivity index (χ0v) is 39.0. The number of aromatic nitrogens is 2. The van der Waals surface area contributed by atoms with Gasteiger partial charge in [-0.25, -0.2) is 4.39 Å². The lowest BCUT2D eigenvalue weighted by Crippen LogP contribution is -2.49.